The van der Waals surface area contributed by atoms with Crippen molar-refractivity contribution in [3.63, 3.8) is 0 Å². The van der Waals surface area contributed by atoms with Crippen LogP contribution >= 0.6 is 0 Å². The molecule has 0 saturated carbocycles. The summed E-state index contributed by atoms with van der Waals surface area (Å²) in [5.74, 6) is 0. The minimum atomic E-state index is -0.589. The maximum Gasteiger partial charge on any atom is 0.538 e. The first-order valence-electron chi connectivity index (χ1n) is 3.06. The van der Waals surface area contributed by atoms with Crippen LogP contribution in [0.5, 0.6) is 12.0 Å². The number of aromatic amines is 1. The number of fused-ring (bicyclic) bond motifs is 1. The summed E-state index contributed by atoms with van der Waals surface area (Å²) in [5, 5.41) is 26.7. The average Bonchev–Trinajstić information content (AvgIpc) is 2.30. The van der Waals surface area contributed by atoms with Gasteiger partial charge >= 0.3 is 11.7 Å². The number of nitrogens with one attached hydrogen (secondary N) is 1. The van der Waals surface area contributed by atoms with Gasteiger partial charge in [0.25, 0.3) is 6.01 Å². The molecule has 2 heterocycles. The number of nitrogens with zero attached hydrogens (tertiary/aromatic N) is 3. The van der Waals surface area contributed by atoms with E-state index in [4.69, 9.17) is 15.4 Å². The number of H-pyrrole nitrogens is 1. The van der Waals surface area contributed by atoms with Crippen LogP contribution in [0.25, 0.3) is 11.2 Å². The zero-order valence-corrected chi connectivity index (χ0v) is 5.76. The lowest BCUT2D eigenvalue weighted by Crippen LogP contribution is -2.30. The fourth-order valence-electron chi connectivity index (χ4n) is 0.866. The molecule has 12 heavy (non-hydrogen) atoms. The summed E-state index contributed by atoms with van der Waals surface area (Å²) in [4.78, 5) is 9.40. The van der Waals surface area contributed by atoms with E-state index < -0.39 is 6.01 Å². The van der Waals surface area contributed by atoms with E-state index in [1.807, 2.05) is 0 Å². The number of hydrogen-bond donors (Lipinski definition) is 4. The molecule has 0 bridgehead atoms. The Kier molecular flexibility index (Phi) is 1.09. The van der Waals surface area contributed by atoms with Crippen molar-refractivity contribution in [2.75, 3.05) is 0 Å². The van der Waals surface area contributed by atoms with Gasteiger partial charge in [0, 0.05) is 4.98 Å². The Morgan fingerprint density at radius 1 is 1.33 bits per heavy atom. The third-order valence-corrected chi connectivity index (χ3v) is 1.36. The van der Waals surface area contributed by atoms with Gasteiger partial charge in [-0.1, -0.05) is 0 Å². The molecule has 2 aromatic rings. The van der Waals surface area contributed by atoms with Crippen molar-refractivity contribution in [3.8, 4) is 12.0 Å². The van der Waals surface area contributed by atoms with E-state index in [1.165, 1.54) is 0 Å². The van der Waals surface area contributed by atoms with Gasteiger partial charge in [-0.25, -0.2) is 0 Å². The van der Waals surface area contributed by atoms with Crippen molar-refractivity contribution in [1.82, 2.24) is 15.0 Å². The van der Waals surface area contributed by atoms with Crippen LogP contribution in [0.3, 0.4) is 0 Å². The van der Waals surface area contributed by atoms with Gasteiger partial charge in [0.1, 0.15) is 0 Å². The first-order valence-corrected chi connectivity index (χ1v) is 3.06. The van der Waals surface area contributed by atoms with Gasteiger partial charge in [0.2, 0.25) is 0 Å². The molecule has 2 aromatic heterocycles. The fourth-order valence-corrected chi connectivity index (χ4v) is 0.866. The number of hydrogen-bond acceptors (Lipinski definition) is 5. The normalized spacial score (nSPS) is 10.7. The van der Waals surface area contributed by atoms with E-state index in [1.54, 1.807) is 0 Å². The summed E-state index contributed by atoms with van der Waals surface area (Å²) < 4.78 is 0.417. The van der Waals surface area contributed by atoms with Gasteiger partial charge in [-0.05, 0) is 4.73 Å². The van der Waals surface area contributed by atoms with E-state index in [9.17, 15) is 0 Å². The third kappa shape index (κ3) is 0.797. The quantitative estimate of drug-likeness (QED) is 0.295. The molecule has 62 valence electrons. The maximum absolute atomic E-state index is 8.90. The molecule has 0 aliphatic heterocycles. The van der Waals surface area contributed by atoms with Crippen molar-refractivity contribution >= 4 is 11.2 Å². The van der Waals surface area contributed by atoms with Gasteiger partial charge in [0.15, 0.2) is 11.7 Å². The Morgan fingerprint density at radius 3 is 2.83 bits per heavy atom. The highest BCUT2D eigenvalue weighted by atomic mass is 16.5. The number of imidazole rings is 1. The molecule has 0 spiro atoms. The van der Waals surface area contributed by atoms with E-state index >= 15 is 0 Å². The Hall–Kier alpha value is -2.05. The van der Waals surface area contributed by atoms with E-state index in [2.05, 4.69) is 15.0 Å². The summed E-state index contributed by atoms with van der Waals surface area (Å²) in [6, 6.07) is -0.905. The molecule has 0 aromatic carbocycles. The number of aromatic hydroxyl groups is 2. The molecule has 7 heteroatoms. The summed E-state index contributed by atoms with van der Waals surface area (Å²) in [5.41, 5.74) is 0.461. The lowest BCUT2D eigenvalue weighted by Gasteiger charge is -1.85. The van der Waals surface area contributed by atoms with Gasteiger partial charge in [-0.3, -0.25) is 0 Å². The Balaban J connectivity index is 2.83. The Morgan fingerprint density at radius 2 is 2.08 bits per heavy atom. The molecule has 0 saturated heterocycles. The van der Waals surface area contributed by atoms with Crippen LogP contribution in [0, 0.1) is 0 Å². The van der Waals surface area contributed by atoms with Crippen molar-refractivity contribution < 1.29 is 20.2 Å². The SMILES string of the molecule is Oc1nc2nc(O)[n+](O)cc2[nH]1. The molecular formula is C5H5N4O3+. The number of aromatic nitrogens is 4. The molecule has 0 fully saturated rings. The predicted octanol–water partition coefficient (Wildman–Crippen LogP) is -1.11. The minimum Gasteiger partial charge on any atom is -0.480 e. The topological polar surface area (TPSA) is 106 Å². The van der Waals surface area contributed by atoms with E-state index in [0.717, 1.165) is 6.20 Å². The van der Waals surface area contributed by atoms with Crippen LogP contribution < -0.4 is 4.73 Å². The highest BCUT2D eigenvalue weighted by Crippen LogP contribution is 2.11. The summed E-state index contributed by atoms with van der Waals surface area (Å²) in [6.45, 7) is 0. The monoisotopic (exact) mass is 169 g/mol. The van der Waals surface area contributed by atoms with E-state index in [-0.39, 0.29) is 11.7 Å². The third-order valence-electron chi connectivity index (χ3n) is 1.36. The summed E-state index contributed by atoms with van der Waals surface area (Å²) >= 11 is 0. The molecule has 4 N–H and O–H groups in total. The van der Waals surface area contributed by atoms with Gasteiger partial charge in [-0.15, -0.1) is 0 Å². The summed E-state index contributed by atoms with van der Waals surface area (Å²) in [7, 11) is 0. The number of rotatable bonds is 0. The zero-order valence-electron chi connectivity index (χ0n) is 5.76. The smallest absolute Gasteiger partial charge is 0.480 e. The zero-order chi connectivity index (χ0) is 8.72. The average molecular weight is 169 g/mol. The van der Waals surface area contributed by atoms with Gasteiger partial charge in [0.05, 0.1) is 0 Å². The lowest BCUT2D eigenvalue weighted by molar-refractivity contribution is -0.908. The van der Waals surface area contributed by atoms with Crippen LogP contribution in [0.1, 0.15) is 0 Å². The molecule has 0 aliphatic carbocycles. The largest absolute Gasteiger partial charge is 0.538 e. The Labute approximate surface area is 65.5 Å². The standard InChI is InChI=1S/C5H4N4O3/c10-4-6-2-1-9(12)5(11)8-3(2)7-4/h1,12H,(H2,6,7,8,10,11)/p+1. The molecule has 0 aliphatic rings. The Bertz CT molecular complexity index is 398. The predicted molar refractivity (Wildman–Crippen MR) is 34.6 cm³/mol. The van der Waals surface area contributed by atoms with Crippen LogP contribution in [0.2, 0.25) is 0 Å². The maximum atomic E-state index is 8.90. The fraction of sp³-hybridized carbons (Fsp3) is 0. The van der Waals surface area contributed by atoms with Crippen molar-refractivity contribution in [2.45, 2.75) is 0 Å². The molecule has 0 atom stereocenters. The second kappa shape index (κ2) is 1.97. The van der Waals surface area contributed by atoms with Crippen LogP contribution in [-0.4, -0.2) is 30.4 Å². The summed E-state index contributed by atoms with van der Waals surface area (Å²) in [6.07, 6.45) is 1.14. The van der Waals surface area contributed by atoms with E-state index in [0.29, 0.717) is 10.2 Å². The van der Waals surface area contributed by atoms with Crippen molar-refractivity contribution in [2.24, 2.45) is 0 Å². The molecule has 0 unspecified atom stereocenters. The molecule has 7 nitrogen and oxygen atoms in total. The second-order valence-electron chi connectivity index (χ2n) is 2.18. The van der Waals surface area contributed by atoms with Crippen molar-refractivity contribution in [3.05, 3.63) is 6.20 Å². The first-order chi connectivity index (χ1) is 5.66. The van der Waals surface area contributed by atoms with Gasteiger partial charge in [-0.2, -0.15) is 4.98 Å². The van der Waals surface area contributed by atoms with Crippen molar-refractivity contribution in [1.29, 1.82) is 0 Å². The second-order valence-corrected chi connectivity index (χ2v) is 2.18. The molecular weight excluding hydrogens is 164 g/mol. The first kappa shape index (κ1) is 6.65. The molecule has 0 radical (unpaired) electrons. The lowest BCUT2D eigenvalue weighted by atomic mass is 10.6. The minimum absolute atomic E-state index is 0.135. The highest BCUT2D eigenvalue weighted by Gasteiger charge is 2.16. The van der Waals surface area contributed by atoms with Crippen LogP contribution in [0.4, 0.5) is 0 Å². The van der Waals surface area contributed by atoms with Gasteiger partial charge < -0.3 is 20.4 Å². The molecule has 0 amide bonds. The van der Waals surface area contributed by atoms with Crippen LogP contribution in [-0.2, 0) is 0 Å². The highest BCUT2D eigenvalue weighted by molar-refractivity contribution is 5.69. The molecule has 2 rings (SSSR count). The van der Waals surface area contributed by atoms with Crippen LogP contribution in [0.15, 0.2) is 6.20 Å².